The van der Waals surface area contributed by atoms with Gasteiger partial charge in [0.05, 0.1) is 0 Å². The van der Waals surface area contributed by atoms with Gasteiger partial charge in [0.15, 0.2) is 0 Å². The highest BCUT2D eigenvalue weighted by atomic mass is 16.1. The fourth-order valence-corrected chi connectivity index (χ4v) is 2.34. The molecule has 1 nitrogen and oxygen atoms in total. The second kappa shape index (κ2) is 3.56. The Morgan fingerprint density at radius 2 is 2.21 bits per heavy atom. The van der Waals surface area contributed by atoms with Gasteiger partial charge >= 0.3 is 0 Å². The van der Waals surface area contributed by atoms with Crippen LogP contribution in [-0.2, 0) is 11.2 Å². The van der Waals surface area contributed by atoms with Crippen LogP contribution in [0.5, 0.6) is 0 Å². The van der Waals surface area contributed by atoms with Gasteiger partial charge in [0.25, 0.3) is 0 Å². The summed E-state index contributed by atoms with van der Waals surface area (Å²) in [4.78, 5) is 11.5. The maximum absolute atomic E-state index is 11.5. The lowest BCUT2D eigenvalue weighted by Crippen LogP contribution is -2.16. The van der Waals surface area contributed by atoms with E-state index in [2.05, 4.69) is 25.1 Å². The predicted molar refractivity (Wildman–Crippen MR) is 57.5 cm³/mol. The molecule has 0 N–H and O–H groups in total. The zero-order valence-electron chi connectivity index (χ0n) is 8.84. The molecule has 1 atom stereocenters. The molecule has 0 spiro atoms. The van der Waals surface area contributed by atoms with Crippen LogP contribution in [0, 0.1) is 6.92 Å². The van der Waals surface area contributed by atoms with Crippen LogP contribution in [0.15, 0.2) is 18.2 Å². The van der Waals surface area contributed by atoms with Crippen LogP contribution in [-0.4, -0.2) is 5.78 Å². The molecule has 0 bridgehead atoms. The number of ketones is 1. The lowest BCUT2D eigenvalue weighted by atomic mass is 9.80. The number of fused-ring (bicyclic) bond motifs is 1. The van der Waals surface area contributed by atoms with Crippen LogP contribution in [0.3, 0.4) is 0 Å². The summed E-state index contributed by atoms with van der Waals surface area (Å²) >= 11 is 0. The van der Waals surface area contributed by atoms with Crippen molar-refractivity contribution in [1.82, 2.24) is 0 Å². The van der Waals surface area contributed by atoms with E-state index in [-0.39, 0.29) is 5.92 Å². The SMILES string of the molecule is CC(=O)C1CCCc2ccc(C)cc21. The minimum Gasteiger partial charge on any atom is -0.299 e. The van der Waals surface area contributed by atoms with E-state index in [0.717, 1.165) is 19.3 Å². The lowest BCUT2D eigenvalue weighted by molar-refractivity contribution is -0.118. The summed E-state index contributed by atoms with van der Waals surface area (Å²) < 4.78 is 0. The van der Waals surface area contributed by atoms with Crippen LogP contribution in [0.4, 0.5) is 0 Å². The maximum atomic E-state index is 11.5. The Labute approximate surface area is 85.1 Å². The first-order valence-corrected chi connectivity index (χ1v) is 5.28. The Kier molecular flexibility index (Phi) is 2.40. The molecule has 1 aromatic carbocycles. The molecule has 1 aromatic rings. The summed E-state index contributed by atoms with van der Waals surface area (Å²) in [7, 11) is 0. The minimum absolute atomic E-state index is 0.165. The van der Waals surface area contributed by atoms with Crippen molar-refractivity contribution in [3.05, 3.63) is 34.9 Å². The molecule has 0 fully saturated rings. The van der Waals surface area contributed by atoms with Gasteiger partial charge in [0, 0.05) is 5.92 Å². The molecule has 14 heavy (non-hydrogen) atoms. The van der Waals surface area contributed by atoms with Crippen LogP contribution < -0.4 is 0 Å². The second-order valence-electron chi connectivity index (χ2n) is 4.26. The highest BCUT2D eigenvalue weighted by molar-refractivity contribution is 5.84. The topological polar surface area (TPSA) is 17.1 Å². The Morgan fingerprint density at radius 3 is 2.93 bits per heavy atom. The van der Waals surface area contributed by atoms with Crippen LogP contribution in [0.2, 0.25) is 0 Å². The molecule has 1 aliphatic rings. The van der Waals surface area contributed by atoms with Gasteiger partial charge in [-0.25, -0.2) is 0 Å². The first-order chi connectivity index (χ1) is 6.68. The largest absolute Gasteiger partial charge is 0.299 e. The van der Waals surface area contributed by atoms with Gasteiger partial charge in [-0.2, -0.15) is 0 Å². The number of carbonyl (C=O) groups excluding carboxylic acids is 1. The second-order valence-corrected chi connectivity index (χ2v) is 4.26. The van der Waals surface area contributed by atoms with E-state index < -0.39 is 0 Å². The normalized spacial score (nSPS) is 20.3. The van der Waals surface area contributed by atoms with Crippen LogP contribution in [0.1, 0.15) is 42.4 Å². The van der Waals surface area contributed by atoms with Crippen molar-refractivity contribution >= 4 is 5.78 Å². The Hall–Kier alpha value is -1.11. The van der Waals surface area contributed by atoms with Gasteiger partial charge in [0.2, 0.25) is 0 Å². The van der Waals surface area contributed by atoms with Gasteiger partial charge in [-0.05, 0) is 44.2 Å². The van der Waals surface area contributed by atoms with E-state index in [1.807, 2.05) is 0 Å². The summed E-state index contributed by atoms with van der Waals surface area (Å²) in [5.41, 5.74) is 3.92. The van der Waals surface area contributed by atoms with Gasteiger partial charge in [-0.1, -0.05) is 23.8 Å². The van der Waals surface area contributed by atoms with Crippen molar-refractivity contribution in [2.24, 2.45) is 0 Å². The molecule has 1 heteroatoms. The fraction of sp³-hybridized carbons (Fsp3) is 0.462. The smallest absolute Gasteiger partial charge is 0.137 e. The van der Waals surface area contributed by atoms with E-state index in [0.29, 0.717) is 5.78 Å². The van der Waals surface area contributed by atoms with Crippen molar-refractivity contribution in [2.45, 2.75) is 39.0 Å². The van der Waals surface area contributed by atoms with Gasteiger partial charge in [-0.3, -0.25) is 4.79 Å². The first kappa shape index (κ1) is 9.45. The number of carbonyl (C=O) groups is 1. The molecule has 0 aromatic heterocycles. The maximum Gasteiger partial charge on any atom is 0.137 e. The average Bonchev–Trinajstić information content (AvgIpc) is 2.16. The highest BCUT2D eigenvalue weighted by Crippen LogP contribution is 2.32. The standard InChI is InChI=1S/C13H16O/c1-9-6-7-11-4-3-5-12(10(2)14)13(11)8-9/h6-8,12H,3-5H2,1-2H3. The zero-order chi connectivity index (χ0) is 10.1. The molecule has 1 unspecified atom stereocenters. The number of benzene rings is 1. The third-order valence-electron chi connectivity index (χ3n) is 3.11. The van der Waals surface area contributed by atoms with Crippen molar-refractivity contribution in [3.63, 3.8) is 0 Å². The molecule has 0 heterocycles. The number of rotatable bonds is 1. The number of Topliss-reactive ketones (excluding diaryl/α,β-unsaturated/α-hetero) is 1. The Bertz CT molecular complexity index is 365. The monoisotopic (exact) mass is 188 g/mol. The number of hydrogen-bond donors (Lipinski definition) is 0. The molecule has 2 rings (SSSR count). The molecular weight excluding hydrogens is 172 g/mol. The molecule has 1 aliphatic carbocycles. The van der Waals surface area contributed by atoms with Crippen molar-refractivity contribution in [3.8, 4) is 0 Å². The van der Waals surface area contributed by atoms with E-state index in [1.54, 1.807) is 6.92 Å². The van der Waals surface area contributed by atoms with E-state index in [4.69, 9.17) is 0 Å². The van der Waals surface area contributed by atoms with E-state index >= 15 is 0 Å². The fourth-order valence-electron chi connectivity index (χ4n) is 2.34. The molecule has 0 saturated heterocycles. The Morgan fingerprint density at radius 1 is 1.43 bits per heavy atom. The summed E-state index contributed by atoms with van der Waals surface area (Å²) in [6.07, 6.45) is 3.32. The molecule has 0 aliphatic heterocycles. The number of aryl methyl sites for hydroxylation is 2. The third-order valence-corrected chi connectivity index (χ3v) is 3.11. The van der Waals surface area contributed by atoms with Crippen molar-refractivity contribution in [2.75, 3.05) is 0 Å². The van der Waals surface area contributed by atoms with Crippen molar-refractivity contribution < 1.29 is 4.79 Å². The molecule has 0 saturated carbocycles. The predicted octanol–water partition coefficient (Wildman–Crippen LogP) is 3.00. The zero-order valence-corrected chi connectivity index (χ0v) is 8.84. The third kappa shape index (κ3) is 1.59. The molecule has 0 radical (unpaired) electrons. The average molecular weight is 188 g/mol. The van der Waals surface area contributed by atoms with Gasteiger partial charge in [0.1, 0.15) is 5.78 Å². The van der Waals surface area contributed by atoms with Gasteiger partial charge in [-0.15, -0.1) is 0 Å². The van der Waals surface area contributed by atoms with Crippen LogP contribution in [0.25, 0.3) is 0 Å². The summed E-state index contributed by atoms with van der Waals surface area (Å²) in [6.45, 7) is 3.80. The summed E-state index contributed by atoms with van der Waals surface area (Å²) in [5, 5.41) is 0. The molecule has 0 amide bonds. The summed E-state index contributed by atoms with van der Waals surface area (Å²) in [6, 6.07) is 6.50. The first-order valence-electron chi connectivity index (χ1n) is 5.28. The Balaban J connectivity index is 2.46. The number of hydrogen-bond acceptors (Lipinski definition) is 1. The molecular formula is C13H16O. The summed E-state index contributed by atoms with van der Waals surface area (Å²) in [5.74, 6) is 0.482. The minimum atomic E-state index is 0.165. The van der Waals surface area contributed by atoms with E-state index in [9.17, 15) is 4.79 Å². The highest BCUT2D eigenvalue weighted by Gasteiger charge is 2.23. The van der Waals surface area contributed by atoms with E-state index in [1.165, 1.54) is 16.7 Å². The van der Waals surface area contributed by atoms with Crippen molar-refractivity contribution in [1.29, 1.82) is 0 Å². The quantitative estimate of drug-likeness (QED) is 0.662. The molecule has 74 valence electrons. The lowest BCUT2D eigenvalue weighted by Gasteiger charge is -2.23. The van der Waals surface area contributed by atoms with Crippen LogP contribution >= 0.6 is 0 Å². The van der Waals surface area contributed by atoms with Gasteiger partial charge < -0.3 is 0 Å².